The van der Waals surface area contributed by atoms with Crippen LogP contribution in [0.25, 0.3) is 0 Å². The van der Waals surface area contributed by atoms with E-state index in [2.05, 4.69) is 20.8 Å². The van der Waals surface area contributed by atoms with E-state index in [1.807, 2.05) is 0 Å². The van der Waals surface area contributed by atoms with Gasteiger partial charge in [-0.05, 0) is 24.2 Å². The average Bonchev–Trinajstić information content (AvgIpc) is 2.40. The van der Waals surface area contributed by atoms with Crippen LogP contribution in [0.2, 0.25) is 0 Å². The second-order valence-electron chi connectivity index (χ2n) is 4.11. The molecule has 0 aliphatic heterocycles. The second-order valence-corrected chi connectivity index (χ2v) is 4.58. The van der Waals surface area contributed by atoms with E-state index in [0.29, 0.717) is 10.8 Å². The lowest BCUT2D eigenvalue weighted by Crippen LogP contribution is -2.22. The first-order chi connectivity index (χ1) is 4.02. The Balaban J connectivity index is 2.40. The molecular formula is C8H15Cl. The van der Waals surface area contributed by atoms with Crippen LogP contribution in [-0.4, -0.2) is 5.38 Å². The predicted molar refractivity (Wildman–Crippen MR) is 41.8 cm³/mol. The van der Waals surface area contributed by atoms with Gasteiger partial charge in [-0.1, -0.05) is 20.8 Å². The normalized spacial score (nSPS) is 24.0. The van der Waals surface area contributed by atoms with Crippen LogP contribution in [0.1, 0.15) is 33.6 Å². The van der Waals surface area contributed by atoms with Crippen LogP contribution < -0.4 is 0 Å². The first-order valence-corrected chi connectivity index (χ1v) is 4.09. The number of hydrogen-bond donors (Lipinski definition) is 0. The Labute approximate surface area is 62.6 Å². The fraction of sp³-hybridized carbons (Fsp3) is 1.00. The Kier molecular flexibility index (Phi) is 1.77. The maximum Gasteiger partial charge on any atom is 0.0412 e. The van der Waals surface area contributed by atoms with Crippen LogP contribution in [0.4, 0.5) is 0 Å². The fourth-order valence-corrected chi connectivity index (χ4v) is 1.35. The molecule has 1 fully saturated rings. The molecule has 0 radical (unpaired) electrons. The van der Waals surface area contributed by atoms with E-state index in [9.17, 15) is 0 Å². The van der Waals surface area contributed by atoms with E-state index >= 15 is 0 Å². The van der Waals surface area contributed by atoms with Crippen molar-refractivity contribution >= 4 is 11.6 Å². The van der Waals surface area contributed by atoms with E-state index in [1.54, 1.807) is 0 Å². The molecule has 0 amide bonds. The smallest absolute Gasteiger partial charge is 0.0412 e. The van der Waals surface area contributed by atoms with Gasteiger partial charge in [0.25, 0.3) is 0 Å². The van der Waals surface area contributed by atoms with Gasteiger partial charge in [-0.2, -0.15) is 0 Å². The average molecular weight is 147 g/mol. The minimum Gasteiger partial charge on any atom is -0.122 e. The van der Waals surface area contributed by atoms with E-state index < -0.39 is 0 Å². The molecule has 0 spiro atoms. The molecule has 0 saturated heterocycles. The molecule has 1 heteroatoms. The van der Waals surface area contributed by atoms with Crippen LogP contribution >= 0.6 is 11.6 Å². The quantitative estimate of drug-likeness (QED) is 0.499. The number of hydrogen-bond acceptors (Lipinski definition) is 0. The first kappa shape index (κ1) is 7.40. The molecule has 0 bridgehead atoms. The molecular weight excluding hydrogens is 132 g/mol. The lowest BCUT2D eigenvalue weighted by molar-refractivity contribution is 0.363. The molecule has 1 rings (SSSR count). The van der Waals surface area contributed by atoms with Crippen molar-refractivity contribution in [3.05, 3.63) is 0 Å². The van der Waals surface area contributed by atoms with Crippen molar-refractivity contribution in [3.8, 4) is 0 Å². The third-order valence-corrected chi connectivity index (χ3v) is 2.87. The summed E-state index contributed by atoms with van der Waals surface area (Å²) in [5.74, 6) is 0.826. The highest BCUT2D eigenvalue weighted by atomic mass is 35.5. The van der Waals surface area contributed by atoms with E-state index in [1.165, 1.54) is 12.8 Å². The molecule has 1 unspecified atom stereocenters. The van der Waals surface area contributed by atoms with E-state index in [0.717, 1.165) is 5.92 Å². The maximum atomic E-state index is 6.15. The summed E-state index contributed by atoms with van der Waals surface area (Å²) in [7, 11) is 0. The van der Waals surface area contributed by atoms with Crippen LogP contribution in [0.5, 0.6) is 0 Å². The van der Waals surface area contributed by atoms with Gasteiger partial charge in [-0.3, -0.25) is 0 Å². The van der Waals surface area contributed by atoms with Crippen molar-refractivity contribution in [2.75, 3.05) is 0 Å². The Hall–Kier alpha value is 0.290. The Morgan fingerprint density at radius 3 is 1.89 bits per heavy atom. The van der Waals surface area contributed by atoms with Crippen molar-refractivity contribution in [1.82, 2.24) is 0 Å². The molecule has 9 heavy (non-hydrogen) atoms. The van der Waals surface area contributed by atoms with Gasteiger partial charge in [0.05, 0.1) is 0 Å². The number of halogens is 1. The van der Waals surface area contributed by atoms with Crippen LogP contribution in [0.15, 0.2) is 0 Å². The van der Waals surface area contributed by atoms with Gasteiger partial charge in [0, 0.05) is 5.38 Å². The standard InChI is InChI=1S/C8H15Cl/c1-8(2,3)7(9)6-4-5-6/h6-7H,4-5H2,1-3H3. The number of rotatable bonds is 1. The lowest BCUT2D eigenvalue weighted by atomic mass is 9.89. The fourth-order valence-electron chi connectivity index (χ4n) is 1.10. The van der Waals surface area contributed by atoms with Crippen molar-refractivity contribution in [3.63, 3.8) is 0 Å². The van der Waals surface area contributed by atoms with Crippen molar-refractivity contribution in [2.24, 2.45) is 11.3 Å². The zero-order chi connectivity index (χ0) is 7.07. The summed E-state index contributed by atoms with van der Waals surface area (Å²) < 4.78 is 0. The van der Waals surface area contributed by atoms with Gasteiger partial charge >= 0.3 is 0 Å². The van der Waals surface area contributed by atoms with Crippen molar-refractivity contribution in [2.45, 2.75) is 39.0 Å². The second kappa shape index (κ2) is 2.16. The summed E-state index contributed by atoms with van der Waals surface area (Å²) in [5.41, 5.74) is 0.308. The molecule has 0 N–H and O–H groups in total. The molecule has 0 nitrogen and oxygen atoms in total. The molecule has 0 aromatic heterocycles. The maximum absolute atomic E-state index is 6.15. The van der Waals surface area contributed by atoms with Gasteiger partial charge in [0.15, 0.2) is 0 Å². The lowest BCUT2D eigenvalue weighted by Gasteiger charge is -2.24. The van der Waals surface area contributed by atoms with Gasteiger partial charge in [-0.25, -0.2) is 0 Å². The van der Waals surface area contributed by atoms with Gasteiger partial charge in [0.2, 0.25) is 0 Å². The molecule has 1 aliphatic carbocycles. The van der Waals surface area contributed by atoms with Crippen molar-refractivity contribution < 1.29 is 0 Å². The van der Waals surface area contributed by atoms with Gasteiger partial charge < -0.3 is 0 Å². The topological polar surface area (TPSA) is 0 Å². The zero-order valence-corrected chi connectivity index (χ0v) is 7.20. The van der Waals surface area contributed by atoms with Crippen LogP contribution in [0.3, 0.4) is 0 Å². The Bertz CT molecular complexity index is 97.6. The number of alkyl halides is 1. The minimum atomic E-state index is 0.308. The Morgan fingerprint density at radius 2 is 1.78 bits per heavy atom. The summed E-state index contributed by atoms with van der Waals surface area (Å²) in [6.45, 7) is 6.63. The molecule has 1 atom stereocenters. The summed E-state index contributed by atoms with van der Waals surface area (Å²) in [6, 6.07) is 0. The molecule has 0 heterocycles. The highest BCUT2D eigenvalue weighted by Crippen LogP contribution is 2.43. The molecule has 1 aliphatic rings. The van der Waals surface area contributed by atoms with E-state index in [-0.39, 0.29) is 0 Å². The summed E-state index contributed by atoms with van der Waals surface area (Å²) in [6.07, 6.45) is 2.71. The van der Waals surface area contributed by atoms with Gasteiger partial charge in [0.1, 0.15) is 0 Å². The minimum absolute atomic E-state index is 0.308. The molecule has 0 aromatic rings. The molecule has 54 valence electrons. The molecule has 1 saturated carbocycles. The van der Waals surface area contributed by atoms with E-state index in [4.69, 9.17) is 11.6 Å². The predicted octanol–water partition coefficient (Wildman–Crippen LogP) is 3.05. The third-order valence-electron chi connectivity index (χ3n) is 1.86. The molecule has 0 aromatic carbocycles. The highest BCUT2D eigenvalue weighted by molar-refractivity contribution is 6.21. The first-order valence-electron chi connectivity index (χ1n) is 3.66. The zero-order valence-electron chi connectivity index (χ0n) is 6.45. The third kappa shape index (κ3) is 1.86. The summed E-state index contributed by atoms with van der Waals surface area (Å²) in [4.78, 5) is 0. The monoisotopic (exact) mass is 146 g/mol. The van der Waals surface area contributed by atoms with Crippen molar-refractivity contribution in [1.29, 1.82) is 0 Å². The van der Waals surface area contributed by atoms with Gasteiger partial charge in [-0.15, -0.1) is 11.6 Å². The SMILES string of the molecule is CC(C)(C)C(Cl)C1CC1. The van der Waals surface area contributed by atoms with Crippen LogP contribution in [0, 0.1) is 11.3 Å². The highest BCUT2D eigenvalue weighted by Gasteiger charge is 2.36. The summed E-state index contributed by atoms with van der Waals surface area (Å²) >= 11 is 6.15. The van der Waals surface area contributed by atoms with Crippen LogP contribution in [-0.2, 0) is 0 Å². The Morgan fingerprint density at radius 1 is 1.33 bits per heavy atom. The largest absolute Gasteiger partial charge is 0.122 e. The summed E-state index contributed by atoms with van der Waals surface area (Å²) in [5, 5.41) is 0.400.